The molecule has 5 rings (SSSR count). The van der Waals surface area contributed by atoms with E-state index in [4.69, 9.17) is 4.98 Å². The Hall–Kier alpha value is -3.14. The molecule has 0 saturated carbocycles. The molecule has 0 amide bonds. The minimum Gasteiger partial charge on any atom is -0.329 e. The summed E-state index contributed by atoms with van der Waals surface area (Å²) in [6, 6.07) is 15.0. The quantitative estimate of drug-likeness (QED) is 0.407. The molecule has 1 aliphatic rings. The number of fused-ring (bicyclic) bond motifs is 1. The molecule has 9 heteroatoms. The van der Waals surface area contributed by atoms with Gasteiger partial charge >= 0.3 is 0 Å². The van der Waals surface area contributed by atoms with Crippen molar-refractivity contribution in [3.63, 3.8) is 0 Å². The lowest BCUT2D eigenvalue weighted by Gasteiger charge is -2.20. The van der Waals surface area contributed by atoms with Crippen LogP contribution in [0.4, 0.5) is 26.8 Å². The summed E-state index contributed by atoms with van der Waals surface area (Å²) in [5.74, 6) is 1.28. The Balaban J connectivity index is 1.24. The number of likely N-dealkylation sites (N-methyl/N-ethyl adjacent to an activating group) is 1. The van der Waals surface area contributed by atoms with E-state index >= 15 is 0 Å². The number of aromatic nitrogens is 3. The molecule has 0 radical (unpaired) electrons. The molecule has 1 aromatic carbocycles. The Bertz CT molecular complexity index is 1260. The average Bonchev–Trinajstić information content (AvgIpc) is 3.46. The summed E-state index contributed by atoms with van der Waals surface area (Å²) in [5, 5.41) is 4.05. The molecule has 1 fully saturated rings. The van der Waals surface area contributed by atoms with Crippen LogP contribution in [0.2, 0.25) is 0 Å². The molecule has 176 valence electrons. The fraction of sp³-hybridized carbons (Fsp3) is 0.320. The Morgan fingerprint density at radius 2 is 1.88 bits per heavy atom. The zero-order chi connectivity index (χ0) is 23.7. The third kappa shape index (κ3) is 5.01. The van der Waals surface area contributed by atoms with Crippen LogP contribution in [-0.4, -0.2) is 65.0 Å². The molecule has 3 aromatic heterocycles. The van der Waals surface area contributed by atoms with E-state index < -0.39 is 0 Å². The van der Waals surface area contributed by atoms with Crippen molar-refractivity contribution in [1.29, 1.82) is 0 Å². The number of likely N-dealkylation sites (tertiary alicyclic amines) is 1. The molecule has 0 spiro atoms. The normalized spacial score (nSPS) is 16.4. The third-order valence-electron chi connectivity index (χ3n) is 6.24. The smallest absolute Gasteiger partial charge is 0.190 e. The van der Waals surface area contributed by atoms with Gasteiger partial charge in [-0.2, -0.15) is 0 Å². The Kier molecular flexibility index (Phi) is 6.40. The number of pyridine rings is 2. The monoisotopic (exact) mass is 477 g/mol. The van der Waals surface area contributed by atoms with E-state index in [1.807, 2.05) is 36.3 Å². The maximum Gasteiger partial charge on any atom is 0.190 e. The highest BCUT2D eigenvalue weighted by Crippen LogP contribution is 2.30. The van der Waals surface area contributed by atoms with Crippen LogP contribution in [0.3, 0.4) is 0 Å². The topological polar surface area (TPSA) is 60.4 Å². The van der Waals surface area contributed by atoms with E-state index in [-0.39, 0.29) is 5.82 Å². The number of benzene rings is 1. The summed E-state index contributed by atoms with van der Waals surface area (Å²) in [6.07, 6.45) is 3.15. The largest absolute Gasteiger partial charge is 0.329 e. The first-order valence-corrected chi connectivity index (χ1v) is 12.1. The van der Waals surface area contributed by atoms with Crippen molar-refractivity contribution in [3.8, 4) is 0 Å². The molecular formula is C25H28FN7S. The zero-order valence-corrected chi connectivity index (χ0v) is 20.4. The second-order valence-corrected chi connectivity index (χ2v) is 9.84. The average molecular weight is 478 g/mol. The molecule has 1 N–H and O–H groups in total. The fourth-order valence-corrected chi connectivity index (χ4v) is 5.02. The molecular weight excluding hydrogens is 449 g/mol. The molecule has 1 aliphatic heterocycles. The number of anilines is 4. The molecule has 1 unspecified atom stereocenters. The summed E-state index contributed by atoms with van der Waals surface area (Å²) in [7, 11) is 6.21. The van der Waals surface area contributed by atoms with Crippen molar-refractivity contribution >= 4 is 44.1 Å². The summed E-state index contributed by atoms with van der Waals surface area (Å²) < 4.78 is 13.2. The standard InChI is InChI=1S/C25H28FN7S/c1-31(2)20-12-13-33(16-20)15-17-4-10-22(27-14-17)29-25-28-21-9-11-23(30-24(21)34-25)32(3)19-7-5-18(26)6-8-19/h4-11,14,20H,12-13,15-16H2,1-3H3,(H,27,28,29). The van der Waals surface area contributed by atoms with Crippen molar-refractivity contribution in [3.05, 3.63) is 66.1 Å². The number of halogens is 1. The van der Waals surface area contributed by atoms with Gasteiger partial charge in [0.1, 0.15) is 27.8 Å². The Labute approximate surface area is 202 Å². The first kappa shape index (κ1) is 22.6. The summed E-state index contributed by atoms with van der Waals surface area (Å²) in [5.41, 5.74) is 2.90. The lowest BCUT2D eigenvalue weighted by Crippen LogP contribution is -2.31. The van der Waals surface area contributed by atoms with Gasteiger partial charge in [-0.3, -0.25) is 4.90 Å². The first-order chi connectivity index (χ1) is 16.4. The highest BCUT2D eigenvalue weighted by Gasteiger charge is 2.23. The number of thiazole rings is 1. The van der Waals surface area contributed by atoms with Crippen LogP contribution in [0.25, 0.3) is 10.3 Å². The number of nitrogens with one attached hydrogen (secondary N) is 1. The van der Waals surface area contributed by atoms with E-state index in [0.717, 1.165) is 52.4 Å². The van der Waals surface area contributed by atoms with E-state index in [1.165, 1.54) is 35.5 Å². The SMILES string of the molecule is CN(c1ccc(F)cc1)c1ccc2nc(Nc3ccc(CN4CCC(N(C)C)C4)cn3)sc2n1. The summed E-state index contributed by atoms with van der Waals surface area (Å²) >= 11 is 1.48. The number of hydrogen-bond donors (Lipinski definition) is 1. The van der Waals surface area contributed by atoms with Gasteiger partial charge in [0.2, 0.25) is 0 Å². The molecule has 4 heterocycles. The van der Waals surface area contributed by atoms with Gasteiger partial charge in [0, 0.05) is 44.6 Å². The summed E-state index contributed by atoms with van der Waals surface area (Å²) in [6.45, 7) is 3.15. The Morgan fingerprint density at radius 3 is 2.59 bits per heavy atom. The highest BCUT2D eigenvalue weighted by atomic mass is 32.1. The van der Waals surface area contributed by atoms with Gasteiger partial charge in [0.25, 0.3) is 0 Å². The minimum absolute atomic E-state index is 0.255. The molecule has 0 aliphatic carbocycles. The van der Waals surface area contributed by atoms with Crippen molar-refractivity contribution in [2.24, 2.45) is 0 Å². The second-order valence-electron chi connectivity index (χ2n) is 8.87. The Morgan fingerprint density at radius 1 is 1.06 bits per heavy atom. The van der Waals surface area contributed by atoms with Gasteiger partial charge in [-0.05, 0) is 68.5 Å². The number of rotatable bonds is 7. The van der Waals surface area contributed by atoms with Crippen LogP contribution in [0.1, 0.15) is 12.0 Å². The van der Waals surface area contributed by atoms with Crippen molar-refractivity contribution in [2.75, 3.05) is 44.4 Å². The van der Waals surface area contributed by atoms with E-state index in [2.05, 4.69) is 45.2 Å². The highest BCUT2D eigenvalue weighted by molar-refractivity contribution is 7.21. The maximum atomic E-state index is 13.2. The van der Waals surface area contributed by atoms with Gasteiger partial charge in [0.05, 0.1) is 0 Å². The molecule has 4 aromatic rings. The molecule has 1 saturated heterocycles. The van der Waals surface area contributed by atoms with Gasteiger partial charge in [-0.1, -0.05) is 17.4 Å². The predicted octanol–water partition coefficient (Wildman–Crippen LogP) is 4.87. The zero-order valence-electron chi connectivity index (χ0n) is 19.6. The van der Waals surface area contributed by atoms with E-state index in [1.54, 1.807) is 12.1 Å². The van der Waals surface area contributed by atoms with Crippen LogP contribution < -0.4 is 10.2 Å². The summed E-state index contributed by atoms with van der Waals surface area (Å²) in [4.78, 5) is 21.5. The number of nitrogens with zero attached hydrogens (tertiary/aromatic N) is 6. The van der Waals surface area contributed by atoms with Gasteiger partial charge in [0.15, 0.2) is 5.13 Å². The van der Waals surface area contributed by atoms with Gasteiger partial charge in [-0.15, -0.1) is 0 Å². The fourth-order valence-electron chi connectivity index (χ4n) is 4.18. The third-order valence-corrected chi connectivity index (χ3v) is 7.12. The van der Waals surface area contributed by atoms with Crippen LogP contribution in [-0.2, 0) is 6.54 Å². The lowest BCUT2D eigenvalue weighted by molar-refractivity contribution is 0.264. The van der Waals surface area contributed by atoms with Crippen LogP contribution >= 0.6 is 11.3 Å². The maximum absolute atomic E-state index is 13.2. The van der Waals surface area contributed by atoms with Gasteiger partial charge < -0.3 is 15.1 Å². The van der Waals surface area contributed by atoms with Crippen LogP contribution in [0, 0.1) is 5.82 Å². The second kappa shape index (κ2) is 9.61. The lowest BCUT2D eigenvalue weighted by atomic mass is 10.2. The van der Waals surface area contributed by atoms with Crippen LogP contribution in [0.5, 0.6) is 0 Å². The minimum atomic E-state index is -0.255. The van der Waals surface area contributed by atoms with E-state index in [9.17, 15) is 4.39 Å². The molecule has 7 nitrogen and oxygen atoms in total. The van der Waals surface area contributed by atoms with Gasteiger partial charge in [-0.25, -0.2) is 19.3 Å². The number of hydrogen-bond acceptors (Lipinski definition) is 8. The predicted molar refractivity (Wildman–Crippen MR) is 137 cm³/mol. The molecule has 34 heavy (non-hydrogen) atoms. The van der Waals surface area contributed by atoms with Crippen molar-refractivity contribution in [2.45, 2.75) is 19.0 Å². The van der Waals surface area contributed by atoms with Crippen molar-refractivity contribution < 1.29 is 4.39 Å². The molecule has 0 bridgehead atoms. The van der Waals surface area contributed by atoms with E-state index in [0.29, 0.717) is 6.04 Å². The van der Waals surface area contributed by atoms with Crippen LogP contribution in [0.15, 0.2) is 54.7 Å². The first-order valence-electron chi connectivity index (χ1n) is 11.3. The molecule has 1 atom stereocenters. The van der Waals surface area contributed by atoms with Crippen molar-refractivity contribution in [1.82, 2.24) is 24.8 Å².